The Bertz CT molecular complexity index is 945. The lowest BCUT2D eigenvalue weighted by atomic mass is 10.2. The van der Waals surface area contributed by atoms with Gasteiger partial charge in [0.25, 0.3) is 5.22 Å². The van der Waals surface area contributed by atoms with Crippen LogP contribution < -0.4 is 14.8 Å². The molecule has 27 heavy (non-hydrogen) atoms. The first-order valence-electron chi connectivity index (χ1n) is 8.45. The lowest BCUT2D eigenvalue weighted by molar-refractivity contribution is -0.115. The van der Waals surface area contributed by atoms with Gasteiger partial charge in [-0.25, -0.2) is 0 Å². The monoisotopic (exact) mass is 383 g/mol. The molecular weight excluding hydrogens is 366 g/mol. The van der Waals surface area contributed by atoms with Crippen LogP contribution in [-0.2, 0) is 4.79 Å². The molecule has 0 unspecified atom stereocenters. The molecular formula is C19H17N3O4S. The van der Waals surface area contributed by atoms with Crippen LogP contribution in [0.15, 0.2) is 58.2 Å². The van der Waals surface area contributed by atoms with Crippen molar-refractivity contribution < 1.29 is 18.7 Å². The standard InChI is InChI=1S/C19H17N3O4S/c1-12(27-19-22-21-18(26-19)13-5-3-2-4-6-13)17(23)20-14-7-8-15-16(11-14)25-10-9-24-15/h2-8,11-12H,9-10H2,1H3,(H,20,23)/t12-/m0/s1. The van der Waals surface area contributed by atoms with Gasteiger partial charge in [0, 0.05) is 17.3 Å². The number of anilines is 1. The first-order valence-corrected chi connectivity index (χ1v) is 9.33. The molecule has 0 saturated heterocycles. The summed E-state index contributed by atoms with van der Waals surface area (Å²) in [6.45, 7) is 2.81. The highest BCUT2D eigenvalue weighted by molar-refractivity contribution is 8.00. The summed E-state index contributed by atoms with van der Waals surface area (Å²) in [6.07, 6.45) is 0. The number of hydrogen-bond donors (Lipinski definition) is 1. The SMILES string of the molecule is C[C@H](Sc1nnc(-c2ccccc2)o1)C(=O)Nc1ccc2c(c1)OCCO2. The van der Waals surface area contributed by atoms with Gasteiger partial charge in [-0.2, -0.15) is 0 Å². The topological polar surface area (TPSA) is 86.5 Å². The van der Waals surface area contributed by atoms with Gasteiger partial charge >= 0.3 is 0 Å². The van der Waals surface area contributed by atoms with Gasteiger partial charge < -0.3 is 19.2 Å². The summed E-state index contributed by atoms with van der Waals surface area (Å²) in [5, 5.41) is 10.8. The number of nitrogens with one attached hydrogen (secondary N) is 1. The number of ether oxygens (including phenoxy) is 2. The van der Waals surface area contributed by atoms with Crippen LogP contribution in [0.4, 0.5) is 5.69 Å². The third-order valence-corrected chi connectivity index (χ3v) is 4.82. The number of carbonyl (C=O) groups is 1. The van der Waals surface area contributed by atoms with E-state index in [1.165, 1.54) is 11.8 Å². The molecule has 0 spiro atoms. The molecule has 0 radical (unpaired) electrons. The minimum Gasteiger partial charge on any atom is -0.486 e. The van der Waals surface area contributed by atoms with Crippen molar-refractivity contribution in [2.45, 2.75) is 17.4 Å². The Morgan fingerprint density at radius 2 is 1.85 bits per heavy atom. The Morgan fingerprint density at radius 3 is 2.67 bits per heavy atom. The van der Waals surface area contributed by atoms with Gasteiger partial charge in [-0.05, 0) is 31.2 Å². The predicted octanol–water partition coefficient (Wildman–Crippen LogP) is 3.63. The molecule has 7 nitrogen and oxygen atoms in total. The maximum absolute atomic E-state index is 12.5. The Balaban J connectivity index is 1.39. The van der Waals surface area contributed by atoms with E-state index in [-0.39, 0.29) is 5.91 Å². The number of hydrogen-bond acceptors (Lipinski definition) is 7. The zero-order valence-corrected chi connectivity index (χ0v) is 15.4. The Hall–Kier alpha value is -3.00. The fourth-order valence-electron chi connectivity index (χ4n) is 2.52. The largest absolute Gasteiger partial charge is 0.486 e. The van der Waals surface area contributed by atoms with Gasteiger partial charge in [0.1, 0.15) is 13.2 Å². The minimum atomic E-state index is -0.415. The van der Waals surface area contributed by atoms with Crippen LogP contribution >= 0.6 is 11.8 Å². The number of aromatic nitrogens is 2. The van der Waals surface area contributed by atoms with Crippen LogP contribution in [0, 0.1) is 0 Å². The van der Waals surface area contributed by atoms with Crippen molar-refractivity contribution in [1.82, 2.24) is 10.2 Å². The van der Waals surface area contributed by atoms with E-state index in [2.05, 4.69) is 15.5 Å². The van der Waals surface area contributed by atoms with Crippen LogP contribution in [0.2, 0.25) is 0 Å². The second-order valence-corrected chi connectivity index (χ2v) is 7.14. The average molecular weight is 383 g/mol. The molecule has 1 N–H and O–H groups in total. The molecule has 8 heteroatoms. The number of nitrogens with zero attached hydrogens (tertiary/aromatic N) is 2. The zero-order chi connectivity index (χ0) is 18.6. The molecule has 2 aromatic carbocycles. The maximum Gasteiger partial charge on any atom is 0.277 e. The van der Waals surface area contributed by atoms with Crippen molar-refractivity contribution in [2.24, 2.45) is 0 Å². The molecule has 0 saturated carbocycles. The highest BCUT2D eigenvalue weighted by Crippen LogP contribution is 2.33. The quantitative estimate of drug-likeness (QED) is 0.673. The summed E-state index contributed by atoms with van der Waals surface area (Å²) in [5.74, 6) is 1.57. The molecule has 1 aliphatic rings. The van der Waals surface area contributed by atoms with E-state index in [9.17, 15) is 4.79 Å². The first kappa shape index (κ1) is 17.4. The molecule has 1 atom stereocenters. The van der Waals surface area contributed by atoms with E-state index in [0.717, 1.165) is 5.56 Å². The third kappa shape index (κ3) is 4.06. The van der Waals surface area contributed by atoms with E-state index < -0.39 is 5.25 Å². The molecule has 1 aromatic heterocycles. The average Bonchev–Trinajstić information content (AvgIpc) is 3.17. The summed E-state index contributed by atoms with van der Waals surface area (Å²) >= 11 is 1.21. The normalized spacial score (nSPS) is 13.8. The predicted molar refractivity (Wildman–Crippen MR) is 101 cm³/mol. The summed E-state index contributed by atoms with van der Waals surface area (Å²) < 4.78 is 16.7. The van der Waals surface area contributed by atoms with Crippen molar-refractivity contribution in [1.29, 1.82) is 0 Å². The fraction of sp³-hybridized carbons (Fsp3) is 0.211. The molecule has 1 amide bonds. The van der Waals surface area contributed by atoms with Crippen molar-refractivity contribution in [3.05, 3.63) is 48.5 Å². The molecule has 0 aliphatic carbocycles. The molecule has 1 aliphatic heterocycles. The highest BCUT2D eigenvalue weighted by atomic mass is 32.2. The highest BCUT2D eigenvalue weighted by Gasteiger charge is 2.20. The second kappa shape index (κ2) is 7.71. The van der Waals surface area contributed by atoms with Crippen LogP contribution in [0.25, 0.3) is 11.5 Å². The number of carbonyl (C=O) groups excluding carboxylic acids is 1. The lowest BCUT2D eigenvalue weighted by Gasteiger charge is -2.19. The zero-order valence-electron chi connectivity index (χ0n) is 14.5. The Labute approximate surface area is 160 Å². The minimum absolute atomic E-state index is 0.170. The maximum atomic E-state index is 12.5. The van der Waals surface area contributed by atoms with Crippen molar-refractivity contribution in [2.75, 3.05) is 18.5 Å². The summed E-state index contributed by atoms with van der Waals surface area (Å²) in [7, 11) is 0. The molecule has 3 aromatic rings. The number of fused-ring (bicyclic) bond motifs is 1. The van der Waals surface area contributed by atoms with Crippen molar-refractivity contribution in [3.63, 3.8) is 0 Å². The van der Waals surface area contributed by atoms with E-state index in [4.69, 9.17) is 13.9 Å². The molecule has 0 fully saturated rings. The number of benzene rings is 2. The molecule has 0 bridgehead atoms. The molecule has 138 valence electrons. The summed E-state index contributed by atoms with van der Waals surface area (Å²) in [4.78, 5) is 12.5. The van der Waals surface area contributed by atoms with Gasteiger partial charge in [0.2, 0.25) is 11.8 Å². The van der Waals surface area contributed by atoms with Crippen molar-refractivity contribution in [3.8, 4) is 23.0 Å². The molecule has 2 heterocycles. The van der Waals surface area contributed by atoms with E-state index >= 15 is 0 Å². The number of rotatable bonds is 5. The van der Waals surface area contributed by atoms with Gasteiger partial charge in [-0.15, -0.1) is 10.2 Å². The van der Waals surface area contributed by atoms with Gasteiger partial charge in [-0.1, -0.05) is 30.0 Å². The fourth-order valence-corrected chi connectivity index (χ4v) is 3.21. The van der Waals surface area contributed by atoms with E-state index in [1.807, 2.05) is 30.3 Å². The van der Waals surface area contributed by atoms with E-state index in [1.54, 1.807) is 25.1 Å². The Morgan fingerprint density at radius 1 is 1.07 bits per heavy atom. The second-order valence-electron chi connectivity index (χ2n) is 5.85. The molecule has 4 rings (SSSR count). The van der Waals surface area contributed by atoms with Gasteiger partial charge in [-0.3, -0.25) is 4.79 Å². The summed E-state index contributed by atoms with van der Waals surface area (Å²) in [5.41, 5.74) is 1.48. The van der Waals surface area contributed by atoms with Crippen LogP contribution in [0.1, 0.15) is 6.92 Å². The van der Waals surface area contributed by atoms with Crippen LogP contribution in [0.3, 0.4) is 0 Å². The Kier molecular flexibility index (Phi) is 4.97. The van der Waals surface area contributed by atoms with E-state index in [0.29, 0.717) is 41.5 Å². The third-order valence-electron chi connectivity index (χ3n) is 3.88. The van der Waals surface area contributed by atoms with Gasteiger partial charge in [0.05, 0.1) is 5.25 Å². The lowest BCUT2D eigenvalue weighted by Crippen LogP contribution is -2.22. The smallest absolute Gasteiger partial charge is 0.277 e. The number of thioether (sulfide) groups is 1. The first-order chi connectivity index (χ1) is 13.2. The van der Waals surface area contributed by atoms with Crippen molar-refractivity contribution >= 4 is 23.4 Å². The van der Waals surface area contributed by atoms with Gasteiger partial charge in [0.15, 0.2) is 11.5 Å². The number of amides is 1. The summed E-state index contributed by atoms with van der Waals surface area (Å²) in [6, 6.07) is 14.8. The van der Waals surface area contributed by atoms with Crippen LogP contribution in [0.5, 0.6) is 11.5 Å². The van der Waals surface area contributed by atoms with Crippen LogP contribution in [-0.4, -0.2) is 34.6 Å².